The molecule has 4 heteroatoms. The van der Waals surface area contributed by atoms with Gasteiger partial charge < -0.3 is 4.74 Å². The Kier molecular flexibility index (Phi) is 5.87. The van der Waals surface area contributed by atoms with Crippen molar-refractivity contribution in [2.45, 2.75) is 25.5 Å². The van der Waals surface area contributed by atoms with E-state index >= 15 is 0 Å². The summed E-state index contributed by atoms with van der Waals surface area (Å²) in [6.45, 7) is 2.50. The molecule has 0 aliphatic rings. The number of hydrogen-bond acceptors (Lipinski definition) is 3. The Hall–Kier alpha value is -1.75. The first kappa shape index (κ1) is 15.6. The summed E-state index contributed by atoms with van der Waals surface area (Å²) in [5, 5.41) is 0. The van der Waals surface area contributed by atoms with Gasteiger partial charge in [0.15, 0.2) is 0 Å². The fourth-order valence-corrected chi connectivity index (χ4v) is 2.42. The quantitative estimate of drug-likeness (QED) is 0.608. The van der Waals surface area contributed by atoms with E-state index in [1.807, 2.05) is 43.3 Å². The van der Waals surface area contributed by atoms with Gasteiger partial charge in [0.2, 0.25) is 0 Å². The van der Waals surface area contributed by atoms with Crippen molar-refractivity contribution < 1.29 is 9.13 Å². The number of benzene rings is 2. The zero-order valence-electron chi connectivity index (χ0n) is 12.1. The van der Waals surface area contributed by atoms with E-state index in [4.69, 9.17) is 10.6 Å². The van der Waals surface area contributed by atoms with E-state index in [0.29, 0.717) is 18.6 Å². The summed E-state index contributed by atoms with van der Waals surface area (Å²) in [5.74, 6) is 5.47. The van der Waals surface area contributed by atoms with Gasteiger partial charge in [-0.3, -0.25) is 11.3 Å². The van der Waals surface area contributed by atoms with Crippen LogP contribution in [0.5, 0.6) is 0 Å². The molecule has 0 amide bonds. The number of nitrogens with one attached hydrogen (secondary N) is 1. The van der Waals surface area contributed by atoms with Gasteiger partial charge in [0, 0.05) is 6.61 Å². The Morgan fingerprint density at radius 3 is 2.38 bits per heavy atom. The molecule has 21 heavy (non-hydrogen) atoms. The number of hydrogen-bond donors (Lipinski definition) is 2. The zero-order valence-corrected chi connectivity index (χ0v) is 12.1. The van der Waals surface area contributed by atoms with Crippen molar-refractivity contribution in [3.63, 3.8) is 0 Å². The second-order valence-corrected chi connectivity index (χ2v) is 4.86. The van der Waals surface area contributed by atoms with Crippen LogP contribution in [0.4, 0.5) is 4.39 Å². The Morgan fingerprint density at radius 2 is 1.76 bits per heavy atom. The van der Waals surface area contributed by atoms with E-state index in [2.05, 4.69) is 5.43 Å². The van der Waals surface area contributed by atoms with Crippen LogP contribution in [-0.2, 0) is 11.2 Å². The molecular formula is C17H21FN2O. The molecule has 0 heterocycles. The Balaban J connectivity index is 2.22. The smallest absolute Gasteiger partial charge is 0.126 e. The van der Waals surface area contributed by atoms with Crippen LogP contribution < -0.4 is 11.3 Å². The van der Waals surface area contributed by atoms with Crippen LogP contribution in [0.15, 0.2) is 54.6 Å². The Bertz CT molecular complexity index is 547. The average Bonchev–Trinajstić information content (AvgIpc) is 2.53. The number of rotatable bonds is 7. The molecule has 2 unspecified atom stereocenters. The van der Waals surface area contributed by atoms with Gasteiger partial charge in [-0.05, 0) is 30.5 Å². The second kappa shape index (κ2) is 7.88. The molecule has 0 spiro atoms. The lowest BCUT2D eigenvalue weighted by Gasteiger charge is -2.27. The summed E-state index contributed by atoms with van der Waals surface area (Å²) in [6, 6.07) is 16.4. The van der Waals surface area contributed by atoms with E-state index in [1.54, 1.807) is 12.1 Å². The van der Waals surface area contributed by atoms with Crippen LogP contribution in [-0.4, -0.2) is 12.6 Å². The van der Waals surface area contributed by atoms with Crippen molar-refractivity contribution in [2.75, 3.05) is 6.61 Å². The molecule has 112 valence electrons. The third-order valence-electron chi connectivity index (χ3n) is 3.45. The lowest BCUT2D eigenvalue weighted by molar-refractivity contribution is 0.0330. The fourth-order valence-electron chi connectivity index (χ4n) is 2.42. The topological polar surface area (TPSA) is 47.3 Å². The monoisotopic (exact) mass is 288 g/mol. The number of nitrogens with two attached hydrogens (primary N) is 1. The maximum atomic E-state index is 13.8. The van der Waals surface area contributed by atoms with Crippen LogP contribution in [0.1, 0.15) is 24.2 Å². The summed E-state index contributed by atoms with van der Waals surface area (Å²) in [7, 11) is 0. The molecule has 2 aromatic rings. The van der Waals surface area contributed by atoms with Crippen molar-refractivity contribution in [1.29, 1.82) is 0 Å². The predicted octanol–water partition coefficient (Wildman–Crippen LogP) is 2.98. The van der Waals surface area contributed by atoms with Gasteiger partial charge in [-0.1, -0.05) is 48.5 Å². The maximum Gasteiger partial charge on any atom is 0.126 e. The fraction of sp³-hybridized carbons (Fsp3) is 0.294. The molecule has 0 aliphatic heterocycles. The average molecular weight is 288 g/mol. The Labute approximate surface area is 124 Å². The first-order valence-electron chi connectivity index (χ1n) is 7.12. The summed E-state index contributed by atoms with van der Waals surface area (Å²) in [4.78, 5) is 0. The number of ether oxygens (including phenoxy) is 1. The van der Waals surface area contributed by atoms with E-state index in [0.717, 1.165) is 5.56 Å². The molecule has 2 atom stereocenters. The second-order valence-electron chi connectivity index (χ2n) is 4.86. The van der Waals surface area contributed by atoms with Gasteiger partial charge in [0.25, 0.3) is 0 Å². The van der Waals surface area contributed by atoms with E-state index < -0.39 is 0 Å². The van der Waals surface area contributed by atoms with Gasteiger partial charge in [-0.15, -0.1) is 0 Å². The zero-order chi connectivity index (χ0) is 15.1. The molecule has 2 rings (SSSR count). The van der Waals surface area contributed by atoms with Gasteiger partial charge in [0.05, 0.1) is 12.1 Å². The molecule has 3 N–H and O–H groups in total. The van der Waals surface area contributed by atoms with Crippen molar-refractivity contribution in [1.82, 2.24) is 5.43 Å². The molecule has 0 aliphatic carbocycles. The molecular weight excluding hydrogens is 267 g/mol. The molecule has 3 nitrogen and oxygen atoms in total. The highest BCUT2D eigenvalue weighted by molar-refractivity contribution is 5.23. The van der Waals surface area contributed by atoms with Crippen molar-refractivity contribution >= 4 is 0 Å². The predicted molar refractivity (Wildman–Crippen MR) is 82.0 cm³/mol. The molecule has 2 aromatic carbocycles. The van der Waals surface area contributed by atoms with Crippen molar-refractivity contribution in [3.8, 4) is 0 Å². The van der Waals surface area contributed by atoms with E-state index in [1.165, 1.54) is 6.07 Å². The third-order valence-corrected chi connectivity index (χ3v) is 3.45. The third kappa shape index (κ3) is 4.11. The highest BCUT2D eigenvalue weighted by Crippen LogP contribution is 2.24. The first-order valence-corrected chi connectivity index (χ1v) is 7.12. The van der Waals surface area contributed by atoms with Gasteiger partial charge in [-0.2, -0.15) is 0 Å². The molecule has 0 saturated carbocycles. The lowest BCUT2D eigenvalue weighted by atomic mass is 9.96. The molecule has 0 bridgehead atoms. The molecule has 0 aromatic heterocycles. The van der Waals surface area contributed by atoms with Gasteiger partial charge in [-0.25, -0.2) is 4.39 Å². The SMILES string of the molecule is CCOC(c1ccccc1)C(Cc1ccccc1F)NN. The minimum Gasteiger partial charge on any atom is -0.372 e. The first-order chi connectivity index (χ1) is 10.3. The van der Waals surface area contributed by atoms with Crippen LogP contribution in [0.3, 0.4) is 0 Å². The molecule has 0 fully saturated rings. The Morgan fingerprint density at radius 1 is 1.10 bits per heavy atom. The highest BCUT2D eigenvalue weighted by atomic mass is 19.1. The van der Waals surface area contributed by atoms with E-state index in [-0.39, 0.29) is 18.0 Å². The van der Waals surface area contributed by atoms with Crippen molar-refractivity contribution in [2.24, 2.45) is 5.84 Å². The molecule has 0 radical (unpaired) electrons. The minimum atomic E-state index is -0.221. The number of hydrazine groups is 1. The van der Waals surface area contributed by atoms with E-state index in [9.17, 15) is 4.39 Å². The largest absolute Gasteiger partial charge is 0.372 e. The minimum absolute atomic E-state index is 0.204. The normalized spacial score (nSPS) is 13.9. The van der Waals surface area contributed by atoms with Crippen molar-refractivity contribution in [3.05, 3.63) is 71.5 Å². The number of halogens is 1. The summed E-state index contributed by atoms with van der Waals surface area (Å²) >= 11 is 0. The maximum absolute atomic E-state index is 13.8. The summed E-state index contributed by atoms with van der Waals surface area (Å²) in [5.41, 5.74) is 4.42. The van der Waals surface area contributed by atoms with Crippen LogP contribution >= 0.6 is 0 Å². The highest BCUT2D eigenvalue weighted by Gasteiger charge is 2.23. The van der Waals surface area contributed by atoms with Crippen LogP contribution in [0.25, 0.3) is 0 Å². The summed E-state index contributed by atoms with van der Waals surface area (Å²) < 4.78 is 19.7. The van der Waals surface area contributed by atoms with Crippen LogP contribution in [0, 0.1) is 5.82 Å². The van der Waals surface area contributed by atoms with Gasteiger partial charge >= 0.3 is 0 Å². The summed E-state index contributed by atoms with van der Waals surface area (Å²) in [6.07, 6.45) is 0.240. The lowest BCUT2D eigenvalue weighted by Crippen LogP contribution is -2.42. The van der Waals surface area contributed by atoms with Crippen LogP contribution in [0.2, 0.25) is 0 Å². The molecule has 0 saturated heterocycles. The standard InChI is InChI=1S/C17H21FN2O/c1-2-21-17(13-8-4-3-5-9-13)16(20-19)12-14-10-6-7-11-15(14)18/h3-11,16-17,20H,2,12,19H2,1H3. The van der Waals surface area contributed by atoms with Gasteiger partial charge in [0.1, 0.15) is 5.82 Å².